The van der Waals surface area contributed by atoms with Crippen LogP contribution in [0.15, 0.2) is 47.3 Å². The smallest absolute Gasteiger partial charge is 0.251 e. The zero-order valence-corrected chi connectivity index (χ0v) is 8.44. The number of benzene rings is 1. The normalized spacial score (nSPS) is 10.1. The van der Waals surface area contributed by atoms with Gasteiger partial charge >= 0.3 is 0 Å². The van der Waals surface area contributed by atoms with Gasteiger partial charge in [-0.1, -0.05) is 6.07 Å². The van der Waals surface area contributed by atoms with E-state index < -0.39 is 5.82 Å². The number of amides is 1. The number of halogens is 1. The summed E-state index contributed by atoms with van der Waals surface area (Å²) >= 11 is 0. The molecule has 0 saturated carbocycles. The minimum atomic E-state index is -0.420. The largest absolute Gasteiger partial charge is 0.472 e. The lowest BCUT2D eigenvalue weighted by atomic mass is 10.2. The van der Waals surface area contributed by atoms with Crippen molar-refractivity contribution in [2.24, 2.45) is 0 Å². The molecule has 1 aromatic heterocycles. The Hall–Kier alpha value is -2.10. The maximum absolute atomic E-state index is 12.8. The van der Waals surface area contributed by atoms with Crippen LogP contribution in [0.3, 0.4) is 0 Å². The van der Waals surface area contributed by atoms with Crippen LogP contribution < -0.4 is 5.32 Å². The van der Waals surface area contributed by atoms with Gasteiger partial charge in [0.25, 0.3) is 5.91 Å². The summed E-state index contributed by atoms with van der Waals surface area (Å²) in [5, 5.41) is 2.66. The van der Waals surface area contributed by atoms with E-state index in [1.165, 1.54) is 24.5 Å². The van der Waals surface area contributed by atoms with Crippen LogP contribution in [-0.2, 0) is 6.54 Å². The van der Waals surface area contributed by atoms with Gasteiger partial charge in [0, 0.05) is 17.7 Å². The topological polar surface area (TPSA) is 42.2 Å². The minimum absolute atomic E-state index is 0.305. The molecule has 1 N–H and O–H groups in total. The number of carbonyl (C=O) groups is 1. The van der Waals surface area contributed by atoms with Crippen LogP contribution in [0, 0.1) is 5.82 Å². The standard InChI is InChI=1S/C12H10FNO2/c13-11-3-1-2-10(6-11)12(15)14-7-9-4-5-16-8-9/h1-6,8H,7H2,(H,14,15). The van der Waals surface area contributed by atoms with E-state index >= 15 is 0 Å². The van der Waals surface area contributed by atoms with Crippen molar-refractivity contribution < 1.29 is 13.6 Å². The predicted octanol–water partition coefficient (Wildman–Crippen LogP) is 2.35. The Morgan fingerprint density at radius 3 is 2.94 bits per heavy atom. The third-order valence-electron chi connectivity index (χ3n) is 2.12. The molecule has 1 heterocycles. The summed E-state index contributed by atoms with van der Waals surface area (Å²) in [6, 6.07) is 7.32. The van der Waals surface area contributed by atoms with E-state index in [2.05, 4.69) is 5.32 Å². The van der Waals surface area contributed by atoms with E-state index in [0.717, 1.165) is 5.56 Å². The summed E-state index contributed by atoms with van der Waals surface area (Å²) < 4.78 is 17.7. The Balaban J connectivity index is 1.98. The molecule has 2 aromatic rings. The van der Waals surface area contributed by atoms with Crippen molar-refractivity contribution in [3.05, 3.63) is 59.8 Å². The van der Waals surface area contributed by atoms with Crippen LogP contribution >= 0.6 is 0 Å². The van der Waals surface area contributed by atoms with Crippen LogP contribution in [0.25, 0.3) is 0 Å². The van der Waals surface area contributed by atoms with Gasteiger partial charge in [-0.15, -0.1) is 0 Å². The fourth-order valence-corrected chi connectivity index (χ4v) is 1.31. The van der Waals surface area contributed by atoms with Crippen molar-refractivity contribution in [2.75, 3.05) is 0 Å². The first-order valence-corrected chi connectivity index (χ1v) is 4.80. The van der Waals surface area contributed by atoms with Gasteiger partial charge in [-0.25, -0.2) is 4.39 Å². The van der Waals surface area contributed by atoms with Crippen LogP contribution in [0.4, 0.5) is 4.39 Å². The molecule has 0 saturated heterocycles. The second-order valence-electron chi connectivity index (χ2n) is 3.32. The number of hydrogen-bond acceptors (Lipinski definition) is 2. The molecule has 0 bridgehead atoms. The number of furan rings is 1. The fraction of sp³-hybridized carbons (Fsp3) is 0.0833. The van der Waals surface area contributed by atoms with Crippen molar-refractivity contribution >= 4 is 5.91 Å². The fourth-order valence-electron chi connectivity index (χ4n) is 1.31. The zero-order valence-electron chi connectivity index (χ0n) is 8.44. The maximum Gasteiger partial charge on any atom is 0.251 e. The molecule has 3 nitrogen and oxygen atoms in total. The average Bonchev–Trinajstić information content (AvgIpc) is 2.78. The number of carbonyl (C=O) groups excluding carboxylic acids is 1. The van der Waals surface area contributed by atoms with Gasteiger partial charge in [-0.3, -0.25) is 4.79 Å². The third-order valence-corrected chi connectivity index (χ3v) is 2.12. The molecule has 2 rings (SSSR count). The van der Waals surface area contributed by atoms with Gasteiger partial charge in [-0.05, 0) is 24.3 Å². The SMILES string of the molecule is O=C(NCc1ccoc1)c1cccc(F)c1. The summed E-state index contributed by atoms with van der Waals surface area (Å²) in [4.78, 5) is 11.6. The molecule has 0 aliphatic carbocycles. The Kier molecular flexibility index (Phi) is 3.00. The van der Waals surface area contributed by atoms with Gasteiger partial charge < -0.3 is 9.73 Å². The summed E-state index contributed by atoms with van der Waals surface area (Å²) in [5.74, 6) is -0.725. The second-order valence-corrected chi connectivity index (χ2v) is 3.32. The van der Waals surface area contributed by atoms with Crippen LogP contribution in [0.5, 0.6) is 0 Å². The second kappa shape index (κ2) is 4.61. The molecular formula is C12H10FNO2. The molecular weight excluding hydrogens is 209 g/mol. The number of rotatable bonds is 3. The first-order valence-electron chi connectivity index (χ1n) is 4.80. The molecule has 1 amide bonds. The summed E-state index contributed by atoms with van der Waals surface area (Å²) in [7, 11) is 0. The van der Waals surface area contributed by atoms with E-state index in [4.69, 9.17) is 4.42 Å². The lowest BCUT2D eigenvalue weighted by Gasteiger charge is -2.03. The molecule has 0 atom stereocenters. The first-order chi connectivity index (χ1) is 7.75. The Morgan fingerprint density at radius 2 is 2.25 bits per heavy atom. The van der Waals surface area contributed by atoms with Crippen molar-refractivity contribution in [3.8, 4) is 0 Å². The van der Waals surface area contributed by atoms with E-state index in [1.54, 1.807) is 18.4 Å². The third kappa shape index (κ3) is 2.48. The van der Waals surface area contributed by atoms with Gasteiger partial charge in [0.05, 0.1) is 12.5 Å². The number of hydrogen-bond donors (Lipinski definition) is 1. The van der Waals surface area contributed by atoms with Gasteiger partial charge in [-0.2, -0.15) is 0 Å². The highest BCUT2D eigenvalue weighted by Gasteiger charge is 2.05. The summed E-state index contributed by atoms with van der Waals surface area (Å²) in [6.07, 6.45) is 3.08. The minimum Gasteiger partial charge on any atom is -0.472 e. The Labute approximate surface area is 91.9 Å². The average molecular weight is 219 g/mol. The molecule has 16 heavy (non-hydrogen) atoms. The van der Waals surface area contributed by atoms with Crippen molar-refractivity contribution in [1.29, 1.82) is 0 Å². The molecule has 4 heteroatoms. The lowest BCUT2D eigenvalue weighted by molar-refractivity contribution is 0.0950. The molecule has 0 aliphatic rings. The maximum atomic E-state index is 12.8. The van der Waals surface area contributed by atoms with Gasteiger partial charge in [0.1, 0.15) is 5.82 Å². The van der Waals surface area contributed by atoms with Gasteiger partial charge in [0.15, 0.2) is 0 Å². The molecule has 0 aliphatic heterocycles. The zero-order chi connectivity index (χ0) is 11.4. The highest BCUT2D eigenvalue weighted by molar-refractivity contribution is 5.94. The molecule has 0 unspecified atom stereocenters. The Bertz CT molecular complexity index is 480. The van der Waals surface area contributed by atoms with Crippen LogP contribution in [0.1, 0.15) is 15.9 Å². The highest BCUT2D eigenvalue weighted by atomic mass is 19.1. The van der Waals surface area contributed by atoms with E-state index in [0.29, 0.717) is 12.1 Å². The molecule has 1 aromatic carbocycles. The van der Waals surface area contributed by atoms with Crippen molar-refractivity contribution in [2.45, 2.75) is 6.54 Å². The van der Waals surface area contributed by atoms with Crippen LogP contribution in [0.2, 0.25) is 0 Å². The molecule has 0 radical (unpaired) electrons. The molecule has 82 valence electrons. The van der Waals surface area contributed by atoms with Gasteiger partial charge in [0.2, 0.25) is 0 Å². The van der Waals surface area contributed by atoms with Crippen LogP contribution in [-0.4, -0.2) is 5.91 Å². The monoisotopic (exact) mass is 219 g/mol. The van der Waals surface area contributed by atoms with Crippen molar-refractivity contribution in [3.63, 3.8) is 0 Å². The predicted molar refractivity (Wildman–Crippen MR) is 56.3 cm³/mol. The summed E-state index contributed by atoms with van der Waals surface area (Å²) in [6.45, 7) is 0.367. The van der Waals surface area contributed by atoms with E-state index in [1.807, 2.05) is 0 Å². The Morgan fingerprint density at radius 1 is 1.38 bits per heavy atom. The highest BCUT2D eigenvalue weighted by Crippen LogP contribution is 2.04. The van der Waals surface area contributed by atoms with Crippen molar-refractivity contribution in [1.82, 2.24) is 5.32 Å². The first kappa shape index (κ1) is 10.4. The van der Waals surface area contributed by atoms with E-state index in [9.17, 15) is 9.18 Å². The lowest BCUT2D eigenvalue weighted by Crippen LogP contribution is -2.22. The summed E-state index contributed by atoms with van der Waals surface area (Å²) in [5.41, 5.74) is 1.17. The number of nitrogens with one attached hydrogen (secondary N) is 1. The quantitative estimate of drug-likeness (QED) is 0.860. The molecule has 0 spiro atoms. The van der Waals surface area contributed by atoms with E-state index in [-0.39, 0.29) is 5.91 Å². The molecule has 0 fully saturated rings.